The summed E-state index contributed by atoms with van der Waals surface area (Å²) in [7, 11) is 0. The zero-order valence-electron chi connectivity index (χ0n) is 14.8. The lowest BCUT2D eigenvalue weighted by Gasteiger charge is -2.20. The van der Waals surface area contributed by atoms with Gasteiger partial charge in [-0.05, 0) is 41.8 Å². The van der Waals surface area contributed by atoms with Crippen LogP contribution in [0.1, 0.15) is 40.9 Å². The van der Waals surface area contributed by atoms with E-state index in [1.807, 2.05) is 54.6 Å². The first kappa shape index (κ1) is 18.2. The lowest BCUT2D eigenvalue weighted by molar-refractivity contribution is 0.0976. The normalized spacial score (nSPS) is 11.8. The Balaban J connectivity index is 1.83. The quantitative estimate of drug-likeness (QED) is 0.497. The van der Waals surface area contributed by atoms with Gasteiger partial charge in [-0.2, -0.15) is 0 Å². The van der Waals surface area contributed by atoms with Gasteiger partial charge in [0, 0.05) is 22.7 Å². The maximum atomic E-state index is 12.7. The van der Waals surface area contributed by atoms with Crippen molar-refractivity contribution in [3.63, 3.8) is 0 Å². The maximum absolute atomic E-state index is 12.7. The predicted molar refractivity (Wildman–Crippen MR) is 109 cm³/mol. The summed E-state index contributed by atoms with van der Waals surface area (Å²) < 4.78 is 0. The first-order valence-corrected chi connectivity index (χ1v) is 9.22. The molecule has 3 aromatic carbocycles. The third-order valence-corrected chi connectivity index (χ3v) is 4.71. The van der Waals surface area contributed by atoms with Crippen molar-refractivity contribution in [1.29, 1.82) is 0 Å². The van der Waals surface area contributed by atoms with Crippen molar-refractivity contribution in [2.24, 2.45) is 0 Å². The highest BCUT2D eigenvalue weighted by atomic mass is 35.5. The van der Waals surface area contributed by atoms with Gasteiger partial charge in [0.25, 0.3) is 0 Å². The van der Waals surface area contributed by atoms with Crippen LogP contribution in [0.15, 0.2) is 78.9 Å². The predicted octanol–water partition coefficient (Wildman–Crippen LogP) is 6.33. The lowest BCUT2D eigenvalue weighted by atomic mass is 9.97. The van der Waals surface area contributed by atoms with Gasteiger partial charge in [-0.1, -0.05) is 73.1 Å². The van der Waals surface area contributed by atoms with E-state index in [-0.39, 0.29) is 11.8 Å². The molecule has 26 heavy (non-hydrogen) atoms. The summed E-state index contributed by atoms with van der Waals surface area (Å²) in [4.78, 5) is 12.7. The number of ketones is 1. The number of carbonyl (C=O) groups is 1. The molecule has 0 amide bonds. The summed E-state index contributed by atoms with van der Waals surface area (Å²) in [5, 5.41) is 4.19. The minimum absolute atomic E-state index is 0.114. The van der Waals surface area contributed by atoms with Crippen LogP contribution in [0.25, 0.3) is 0 Å². The first-order chi connectivity index (χ1) is 12.7. The Kier molecular flexibility index (Phi) is 6.08. The van der Waals surface area contributed by atoms with Crippen LogP contribution in [-0.2, 0) is 6.42 Å². The highest BCUT2D eigenvalue weighted by molar-refractivity contribution is 6.30. The molecule has 0 bridgehead atoms. The number of rotatable bonds is 7. The minimum atomic E-state index is -0.118. The Morgan fingerprint density at radius 2 is 1.58 bits per heavy atom. The highest BCUT2D eigenvalue weighted by Crippen LogP contribution is 2.26. The zero-order chi connectivity index (χ0) is 18.4. The Morgan fingerprint density at radius 3 is 2.19 bits per heavy atom. The summed E-state index contributed by atoms with van der Waals surface area (Å²) >= 11 is 6.02. The molecule has 0 heterocycles. The monoisotopic (exact) mass is 363 g/mol. The van der Waals surface area contributed by atoms with Crippen LogP contribution in [-0.4, -0.2) is 5.78 Å². The molecule has 3 aromatic rings. The number of carbonyl (C=O) groups excluding carboxylic acids is 1. The molecule has 0 aliphatic rings. The molecule has 0 saturated carbocycles. The second-order valence-corrected chi connectivity index (χ2v) is 6.73. The average molecular weight is 364 g/mol. The first-order valence-electron chi connectivity index (χ1n) is 8.85. The van der Waals surface area contributed by atoms with Gasteiger partial charge >= 0.3 is 0 Å². The van der Waals surface area contributed by atoms with E-state index in [2.05, 4.69) is 36.5 Å². The van der Waals surface area contributed by atoms with E-state index in [9.17, 15) is 4.79 Å². The number of Topliss-reactive ketones (excluding diaryl/α,β-unsaturated/α-hetero) is 1. The van der Waals surface area contributed by atoms with E-state index in [1.54, 1.807) is 0 Å². The van der Waals surface area contributed by atoms with Crippen LogP contribution in [0.2, 0.25) is 5.02 Å². The fourth-order valence-corrected chi connectivity index (χ4v) is 3.04. The maximum Gasteiger partial charge on any atom is 0.165 e. The third kappa shape index (κ3) is 4.74. The van der Waals surface area contributed by atoms with Crippen LogP contribution in [0, 0.1) is 0 Å². The molecular formula is C23H22ClNO. The molecule has 0 radical (unpaired) electrons. The highest BCUT2D eigenvalue weighted by Gasteiger charge is 2.17. The molecule has 0 aliphatic heterocycles. The van der Waals surface area contributed by atoms with Crippen molar-refractivity contribution in [3.8, 4) is 0 Å². The Hall–Kier alpha value is -2.58. The SMILES string of the molecule is CCc1ccc(NC(CC(=O)c2ccccc2)c2ccc(Cl)cc2)cc1. The standard InChI is InChI=1S/C23H22ClNO/c1-2-17-8-14-21(15-9-17)25-22(18-10-12-20(24)13-11-18)16-23(26)19-6-4-3-5-7-19/h3-15,22,25H,2,16H2,1H3. The molecule has 3 heteroatoms. The van der Waals surface area contributed by atoms with E-state index in [0.29, 0.717) is 11.4 Å². The van der Waals surface area contributed by atoms with Gasteiger partial charge in [0.05, 0.1) is 6.04 Å². The van der Waals surface area contributed by atoms with Gasteiger partial charge < -0.3 is 5.32 Å². The van der Waals surface area contributed by atoms with Crippen LogP contribution >= 0.6 is 11.6 Å². The molecule has 0 aliphatic carbocycles. The van der Waals surface area contributed by atoms with Crippen LogP contribution < -0.4 is 5.32 Å². The molecule has 1 N–H and O–H groups in total. The van der Waals surface area contributed by atoms with Crippen molar-refractivity contribution in [1.82, 2.24) is 0 Å². The molecule has 132 valence electrons. The Morgan fingerprint density at radius 1 is 0.923 bits per heavy atom. The number of nitrogens with one attached hydrogen (secondary N) is 1. The molecule has 0 saturated heterocycles. The largest absolute Gasteiger partial charge is 0.378 e. The topological polar surface area (TPSA) is 29.1 Å². The van der Waals surface area contributed by atoms with Crippen molar-refractivity contribution >= 4 is 23.1 Å². The third-order valence-electron chi connectivity index (χ3n) is 4.46. The van der Waals surface area contributed by atoms with E-state index >= 15 is 0 Å². The number of anilines is 1. The average Bonchev–Trinajstić information content (AvgIpc) is 2.69. The molecule has 1 unspecified atom stereocenters. The number of halogens is 1. The number of hydrogen-bond acceptors (Lipinski definition) is 2. The fraction of sp³-hybridized carbons (Fsp3) is 0.174. The molecular weight excluding hydrogens is 342 g/mol. The summed E-state index contributed by atoms with van der Waals surface area (Å²) in [5.41, 5.74) is 4.06. The fourth-order valence-electron chi connectivity index (χ4n) is 2.91. The number of hydrogen-bond donors (Lipinski definition) is 1. The second-order valence-electron chi connectivity index (χ2n) is 6.29. The number of benzene rings is 3. The minimum Gasteiger partial charge on any atom is -0.378 e. The van der Waals surface area contributed by atoms with Crippen LogP contribution in [0.5, 0.6) is 0 Å². The lowest BCUT2D eigenvalue weighted by Crippen LogP contribution is -2.15. The Bertz CT molecular complexity index is 842. The van der Waals surface area contributed by atoms with Gasteiger partial charge in [-0.25, -0.2) is 0 Å². The van der Waals surface area contributed by atoms with Crippen LogP contribution in [0.4, 0.5) is 5.69 Å². The molecule has 0 fully saturated rings. The van der Waals surface area contributed by atoms with Gasteiger partial charge in [0.15, 0.2) is 5.78 Å². The second kappa shape index (κ2) is 8.68. The smallest absolute Gasteiger partial charge is 0.165 e. The van der Waals surface area contributed by atoms with E-state index < -0.39 is 0 Å². The van der Waals surface area contributed by atoms with Gasteiger partial charge in [0.2, 0.25) is 0 Å². The summed E-state index contributed by atoms with van der Waals surface area (Å²) in [6.45, 7) is 2.14. The molecule has 1 atom stereocenters. The van der Waals surface area contributed by atoms with Gasteiger partial charge in [0.1, 0.15) is 0 Å². The molecule has 3 rings (SSSR count). The van der Waals surface area contributed by atoms with E-state index in [4.69, 9.17) is 11.6 Å². The van der Waals surface area contributed by atoms with E-state index in [0.717, 1.165) is 23.2 Å². The van der Waals surface area contributed by atoms with Gasteiger partial charge in [-0.15, -0.1) is 0 Å². The van der Waals surface area contributed by atoms with E-state index in [1.165, 1.54) is 5.56 Å². The summed E-state index contributed by atoms with van der Waals surface area (Å²) in [6, 6.07) is 25.3. The Labute approximate surface area is 159 Å². The van der Waals surface area contributed by atoms with Crippen molar-refractivity contribution in [2.45, 2.75) is 25.8 Å². The molecule has 0 spiro atoms. The zero-order valence-corrected chi connectivity index (χ0v) is 15.5. The molecule has 0 aromatic heterocycles. The molecule has 2 nitrogen and oxygen atoms in total. The summed E-state index contributed by atoms with van der Waals surface area (Å²) in [6.07, 6.45) is 1.38. The van der Waals surface area contributed by atoms with Crippen molar-refractivity contribution in [3.05, 3.63) is 101 Å². The van der Waals surface area contributed by atoms with Crippen molar-refractivity contribution in [2.75, 3.05) is 5.32 Å². The van der Waals surface area contributed by atoms with Crippen molar-refractivity contribution < 1.29 is 4.79 Å². The summed E-state index contributed by atoms with van der Waals surface area (Å²) in [5.74, 6) is 0.114. The van der Waals surface area contributed by atoms with Gasteiger partial charge in [-0.3, -0.25) is 4.79 Å². The number of aryl methyl sites for hydroxylation is 1. The van der Waals surface area contributed by atoms with Crippen LogP contribution in [0.3, 0.4) is 0 Å².